The number of fused-ring (bicyclic) bond motifs is 1. The number of hydrogen-bond donors (Lipinski definition) is 4. The van der Waals surface area contributed by atoms with Crippen molar-refractivity contribution >= 4 is 35.2 Å². The lowest BCUT2D eigenvalue weighted by Crippen LogP contribution is -2.74. The van der Waals surface area contributed by atoms with Crippen molar-refractivity contribution in [2.75, 3.05) is 66.4 Å². The lowest BCUT2D eigenvalue weighted by atomic mass is 9.49. The van der Waals surface area contributed by atoms with Gasteiger partial charge < -0.3 is 54.6 Å². The Balaban J connectivity index is 0.837. The predicted octanol–water partition coefficient (Wildman–Crippen LogP) is 6.18. The largest absolute Gasteiger partial charge is 0.491 e. The third-order valence-electron chi connectivity index (χ3n) is 13.9. The Morgan fingerprint density at radius 3 is 2.08 bits per heavy atom. The zero-order valence-electron chi connectivity index (χ0n) is 42.7. The quantitative estimate of drug-likeness (QED) is 0.0745. The lowest BCUT2D eigenvalue weighted by molar-refractivity contribution is -0.164. The molecule has 0 radical (unpaired) electrons. The first-order valence-electron chi connectivity index (χ1n) is 24.7. The number of rotatable bonds is 24. The van der Waals surface area contributed by atoms with Crippen molar-refractivity contribution in [3.05, 3.63) is 94.0 Å². The van der Waals surface area contributed by atoms with E-state index in [-0.39, 0.29) is 52.7 Å². The topological polar surface area (TPSA) is 199 Å². The Kier molecular flexibility index (Phi) is 18.9. The summed E-state index contributed by atoms with van der Waals surface area (Å²) in [5, 5.41) is 21.8. The van der Waals surface area contributed by atoms with Crippen molar-refractivity contribution in [3.8, 4) is 17.6 Å². The molecule has 4 N–H and O–H groups in total. The number of nitrogens with one attached hydrogen (secondary N) is 4. The van der Waals surface area contributed by atoms with Crippen LogP contribution in [0.1, 0.15) is 101 Å². The molecule has 2 aliphatic carbocycles. The van der Waals surface area contributed by atoms with Crippen LogP contribution in [-0.2, 0) is 39.8 Å². The molecule has 16 nitrogen and oxygen atoms in total. The summed E-state index contributed by atoms with van der Waals surface area (Å²) in [4.78, 5) is 55.7. The van der Waals surface area contributed by atoms with Gasteiger partial charge in [0.15, 0.2) is 0 Å². The van der Waals surface area contributed by atoms with E-state index >= 15 is 0 Å². The minimum atomic E-state index is -0.795. The van der Waals surface area contributed by atoms with E-state index in [0.717, 1.165) is 11.1 Å². The standard InChI is InChI=1S/C54H73ClN6O10/c1-34(57-9)46(62)59-45(52(2,3)4)49(65)61-22-12-15-42(61)48(64)58-44-40-14-11-10-13-36(40)31-43(44)70-30-28-68-26-24-66-23-25-67-27-29-69-38-19-16-35(17-20-38)47(63)60-50-53(5,6)51(54(50,7)8)71-39-21-18-37(33-56)41(55)32-39/h10-11,13-14,16-21,32,34,42-45,50-51,57H,12,15,22-31H2,1-9H3,(H,58,64)(H,59,62)(H,60,63)/t34-,42-,43+,44-,45+,50-,51-/m0/s1. The van der Waals surface area contributed by atoms with Gasteiger partial charge in [-0.25, -0.2) is 0 Å². The molecule has 1 aliphatic heterocycles. The van der Waals surface area contributed by atoms with Crippen molar-refractivity contribution in [2.45, 2.75) is 117 Å². The predicted molar refractivity (Wildman–Crippen MR) is 269 cm³/mol. The molecule has 1 saturated heterocycles. The average Bonchev–Trinajstić information content (AvgIpc) is 3.97. The molecule has 71 heavy (non-hydrogen) atoms. The zero-order valence-corrected chi connectivity index (χ0v) is 43.5. The Labute approximate surface area is 424 Å². The third-order valence-corrected chi connectivity index (χ3v) is 14.2. The van der Waals surface area contributed by atoms with Crippen LogP contribution in [0, 0.1) is 27.6 Å². The maximum absolute atomic E-state index is 14.0. The van der Waals surface area contributed by atoms with E-state index in [4.69, 9.17) is 40.0 Å². The van der Waals surface area contributed by atoms with Gasteiger partial charge in [-0.1, -0.05) is 84.3 Å². The van der Waals surface area contributed by atoms with Gasteiger partial charge in [0.2, 0.25) is 17.7 Å². The van der Waals surface area contributed by atoms with Gasteiger partial charge in [-0.05, 0) is 79.8 Å². The maximum Gasteiger partial charge on any atom is 0.251 e. The molecule has 0 unspecified atom stereocenters. The monoisotopic (exact) mass is 1000 g/mol. The van der Waals surface area contributed by atoms with Gasteiger partial charge in [0.05, 0.1) is 75.0 Å². The van der Waals surface area contributed by atoms with E-state index in [1.165, 1.54) is 0 Å². The lowest BCUT2D eigenvalue weighted by Gasteiger charge is -2.63. The number of nitriles is 1. The Morgan fingerprint density at radius 2 is 1.46 bits per heavy atom. The fourth-order valence-electron chi connectivity index (χ4n) is 10.2. The molecule has 5 atom stereocenters. The first-order chi connectivity index (χ1) is 33.8. The summed E-state index contributed by atoms with van der Waals surface area (Å²) in [6, 6.07) is 19.6. The molecular weight excluding hydrogens is 928 g/mol. The highest BCUT2D eigenvalue weighted by Crippen LogP contribution is 2.55. The molecule has 0 bridgehead atoms. The summed E-state index contributed by atoms with van der Waals surface area (Å²) in [7, 11) is 1.69. The number of likely N-dealkylation sites (tertiary alicyclic amines) is 1. The third kappa shape index (κ3) is 13.6. The minimum Gasteiger partial charge on any atom is -0.491 e. The highest BCUT2D eigenvalue weighted by atomic mass is 35.5. The number of likely N-dealkylation sites (N-methyl/N-ethyl adjacent to an activating group) is 1. The summed E-state index contributed by atoms with van der Waals surface area (Å²) >= 11 is 6.24. The summed E-state index contributed by atoms with van der Waals surface area (Å²) < 4.78 is 35.6. The molecule has 386 valence electrons. The van der Waals surface area contributed by atoms with Gasteiger partial charge in [-0.15, -0.1) is 0 Å². The normalized spacial score (nSPS) is 21.8. The molecule has 1 saturated carbocycles. The minimum absolute atomic E-state index is 0.161. The average molecular weight is 1000 g/mol. The number of hydrogen-bond acceptors (Lipinski definition) is 12. The van der Waals surface area contributed by atoms with Crippen LogP contribution in [0.3, 0.4) is 0 Å². The van der Waals surface area contributed by atoms with Gasteiger partial charge in [0.1, 0.15) is 42.4 Å². The smallest absolute Gasteiger partial charge is 0.251 e. The second-order valence-electron chi connectivity index (χ2n) is 20.8. The fourth-order valence-corrected chi connectivity index (χ4v) is 10.4. The maximum atomic E-state index is 14.0. The molecule has 2 fully saturated rings. The number of benzene rings is 3. The van der Waals surface area contributed by atoms with Gasteiger partial charge in [0.25, 0.3) is 5.91 Å². The number of amides is 4. The highest BCUT2D eigenvalue weighted by Gasteiger charge is 2.64. The van der Waals surface area contributed by atoms with Gasteiger partial charge in [-0.2, -0.15) is 5.26 Å². The second kappa shape index (κ2) is 24.4. The van der Waals surface area contributed by atoms with E-state index in [1.807, 2.05) is 45.0 Å². The van der Waals surface area contributed by atoms with Crippen LogP contribution in [-0.4, -0.2) is 131 Å². The van der Waals surface area contributed by atoms with Crippen molar-refractivity contribution in [1.82, 2.24) is 26.2 Å². The molecule has 0 spiro atoms. The van der Waals surface area contributed by atoms with Crippen LogP contribution in [0.25, 0.3) is 0 Å². The molecule has 6 rings (SSSR count). The van der Waals surface area contributed by atoms with E-state index in [1.54, 1.807) is 61.3 Å². The summed E-state index contributed by atoms with van der Waals surface area (Å²) in [5.74, 6) is 0.249. The Bertz CT molecular complexity index is 2330. The number of carbonyl (C=O) groups is 4. The fraction of sp³-hybridized carbons (Fsp3) is 0.574. The van der Waals surface area contributed by atoms with Crippen LogP contribution in [0.2, 0.25) is 5.02 Å². The van der Waals surface area contributed by atoms with E-state index in [0.29, 0.717) is 106 Å². The van der Waals surface area contributed by atoms with Crippen molar-refractivity contribution < 1.29 is 47.6 Å². The van der Waals surface area contributed by atoms with Gasteiger partial charge >= 0.3 is 0 Å². The molecule has 3 aromatic carbocycles. The number of ether oxygens (including phenoxy) is 6. The van der Waals surface area contributed by atoms with Crippen LogP contribution >= 0.6 is 11.6 Å². The molecule has 4 amide bonds. The Morgan fingerprint density at radius 1 is 0.845 bits per heavy atom. The summed E-state index contributed by atoms with van der Waals surface area (Å²) in [6.45, 7) is 19.1. The van der Waals surface area contributed by atoms with Gasteiger partial charge in [-0.3, -0.25) is 19.2 Å². The molecule has 17 heteroatoms. The van der Waals surface area contributed by atoms with Gasteiger partial charge in [0, 0.05) is 41.5 Å². The number of nitrogens with zero attached hydrogens (tertiary/aromatic N) is 2. The second-order valence-corrected chi connectivity index (χ2v) is 21.2. The molecule has 1 heterocycles. The van der Waals surface area contributed by atoms with Crippen LogP contribution in [0.5, 0.6) is 11.5 Å². The first kappa shape index (κ1) is 55.0. The molecule has 3 aliphatic rings. The highest BCUT2D eigenvalue weighted by molar-refractivity contribution is 6.31. The molecular formula is C54H73ClN6O10. The van der Waals surface area contributed by atoms with Crippen molar-refractivity contribution in [3.63, 3.8) is 0 Å². The van der Waals surface area contributed by atoms with E-state index in [9.17, 15) is 24.4 Å². The Hall–Kier alpha value is -5.28. The molecule has 3 aromatic rings. The first-order valence-corrected chi connectivity index (χ1v) is 25.1. The van der Waals surface area contributed by atoms with Crippen molar-refractivity contribution in [2.24, 2.45) is 16.2 Å². The summed E-state index contributed by atoms with van der Waals surface area (Å²) in [6.07, 6.45) is 1.34. The van der Waals surface area contributed by atoms with Crippen LogP contribution in [0.15, 0.2) is 66.7 Å². The van der Waals surface area contributed by atoms with Crippen molar-refractivity contribution in [1.29, 1.82) is 5.26 Å². The van der Waals surface area contributed by atoms with Crippen LogP contribution in [0.4, 0.5) is 0 Å². The summed E-state index contributed by atoms with van der Waals surface area (Å²) in [5.41, 5.74) is 1.67. The SMILES string of the molecule is CN[C@@H](C)C(=O)N[C@H](C(=O)N1CCC[C@H]1C(=O)N[C@H]1c2ccccc2C[C@H]1OCCOCCOCCOCCOc1ccc(C(=O)N[C@H]2C(C)(C)[C@H](Oc3ccc(C#N)c(Cl)c3)C2(C)C)cc1)C(C)(C)C. The molecule has 0 aromatic heterocycles. The zero-order chi connectivity index (χ0) is 51.5. The van der Waals surface area contributed by atoms with E-state index < -0.39 is 29.6 Å². The van der Waals surface area contributed by atoms with Crippen LogP contribution < -0.4 is 30.7 Å². The van der Waals surface area contributed by atoms with E-state index in [2.05, 4.69) is 55.0 Å². The number of carbonyl (C=O) groups excluding carboxylic acids is 4. The number of halogens is 1.